The van der Waals surface area contributed by atoms with Gasteiger partial charge < -0.3 is 19.5 Å². The quantitative estimate of drug-likeness (QED) is 0.669. The number of hydrogen-bond donors (Lipinski definition) is 1. The predicted octanol–water partition coefficient (Wildman–Crippen LogP) is 4.72. The zero-order valence-electron chi connectivity index (χ0n) is 15.7. The van der Waals surface area contributed by atoms with Crippen molar-refractivity contribution in [3.05, 3.63) is 65.7 Å². The molecule has 4 nitrogen and oxygen atoms in total. The lowest BCUT2D eigenvalue weighted by Gasteiger charge is -2.19. The summed E-state index contributed by atoms with van der Waals surface area (Å²) in [5, 5.41) is 6.07. The molecule has 0 fully saturated rings. The van der Waals surface area contributed by atoms with Crippen LogP contribution in [0.4, 0.5) is 0 Å². The Morgan fingerprint density at radius 2 is 1.54 bits per heavy atom. The van der Waals surface area contributed by atoms with Crippen LogP contribution in [0.5, 0.6) is 17.2 Å². The Labute approximate surface area is 154 Å². The van der Waals surface area contributed by atoms with Crippen molar-refractivity contribution < 1.29 is 14.2 Å². The fourth-order valence-electron chi connectivity index (χ4n) is 3.16. The minimum atomic E-state index is 0.206. The molecule has 0 spiro atoms. The van der Waals surface area contributed by atoms with Crippen molar-refractivity contribution in [1.82, 2.24) is 5.32 Å². The van der Waals surface area contributed by atoms with E-state index in [9.17, 15) is 0 Å². The third kappa shape index (κ3) is 3.60. The van der Waals surface area contributed by atoms with E-state index in [-0.39, 0.29) is 6.04 Å². The molecule has 0 amide bonds. The Balaban J connectivity index is 1.79. The van der Waals surface area contributed by atoms with E-state index in [1.54, 1.807) is 21.3 Å². The van der Waals surface area contributed by atoms with Crippen LogP contribution >= 0.6 is 0 Å². The van der Waals surface area contributed by atoms with Gasteiger partial charge in [-0.3, -0.25) is 0 Å². The van der Waals surface area contributed by atoms with E-state index in [0.29, 0.717) is 23.8 Å². The zero-order chi connectivity index (χ0) is 18.5. The standard InChI is InChI=1S/C22H25NO3/c1-15(17-10-9-16-7-5-6-8-18(16)13-17)23-14-19-11-12-20(24-2)22(26-4)21(19)25-3/h5-13,15,23H,14H2,1-4H3. The predicted molar refractivity (Wildman–Crippen MR) is 105 cm³/mol. The lowest BCUT2D eigenvalue weighted by atomic mass is 10.0. The summed E-state index contributed by atoms with van der Waals surface area (Å²) in [6.45, 7) is 2.83. The summed E-state index contributed by atoms with van der Waals surface area (Å²) in [5.41, 5.74) is 2.28. The second-order valence-electron chi connectivity index (χ2n) is 6.20. The molecule has 0 saturated carbocycles. The summed E-state index contributed by atoms with van der Waals surface area (Å²) in [4.78, 5) is 0. The van der Waals surface area contributed by atoms with Gasteiger partial charge in [0.05, 0.1) is 21.3 Å². The maximum Gasteiger partial charge on any atom is 0.203 e. The summed E-state index contributed by atoms with van der Waals surface area (Å²) in [7, 11) is 4.89. The Morgan fingerprint density at radius 3 is 2.23 bits per heavy atom. The second-order valence-corrected chi connectivity index (χ2v) is 6.20. The normalized spacial score (nSPS) is 12.0. The first-order valence-corrected chi connectivity index (χ1v) is 8.67. The first-order chi connectivity index (χ1) is 12.7. The van der Waals surface area contributed by atoms with Gasteiger partial charge in [-0.2, -0.15) is 0 Å². The summed E-state index contributed by atoms with van der Waals surface area (Å²) in [6, 6.07) is 19.1. The molecule has 0 aromatic heterocycles. The van der Waals surface area contributed by atoms with Crippen LogP contribution in [0.15, 0.2) is 54.6 Å². The van der Waals surface area contributed by atoms with Crippen molar-refractivity contribution in [1.29, 1.82) is 0 Å². The number of ether oxygens (including phenoxy) is 3. The molecule has 3 aromatic carbocycles. The van der Waals surface area contributed by atoms with Crippen LogP contribution in [0.1, 0.15) is 24.1 Å². The topological polar surface area (TPSA) is 39.7 Å². The van der Waals surface area contributed by atoms with Gasteiger partial charge in [0.15, 0.2) is 11.5 Å². The van der Waals surface area contributed by atoms with Gasteiger partial charge in [-0.05, 0) is 35.4 Å². The average molecular weight is 351 g/mol. The number of benzene rings is 3. The highest BCUT2D eigenvalue weighted by Gasteiger charge is 2.16. The lowest BCUT2D eigenvalue weighted by molar-refractivity contribution is 0.321. The van der Waals surface area contributed by atoms with E-state index < -0.39 is 0 Å². The molecule has 0 aliphatic carbocycles. The van der Waals surface area contributed by atoms with Crippen molar-refractivity contribution in [2.24, 2.45) is 0 Å². The molecule has 136 valence electrons. The largest absolute Gasteiger partial charge is 0.493 e. The summed E-state index contributed by atoms with van der Waals surface area (Å²) in [6.07, 6.45) is 0. The van der Waals surface area contributed by atoms with Gasteiger partial charge in [-0.1, -0.05) is 42.5 Å². The van der Waals surface area contributed by atoms with E-state index in [2.05, 4.69) is 54.7 Å². The van der Waals surface area contributed by atoms with Crippen molar-refractivity contribution in [2.45, 2.75) is 19.5 Å². The molecule has 0 heterocycles. The first kappa shape index (κ1) is 18.1. The van der Waals surface area contributed by atoms with E-state index in [0.717, 1.165) is 5.56 Å². The number of fused-ring (bicyclic) bond motifs is 1. The lowest BCUT2D eigenvalue weighted by Crippen LogP contribution is -2.18. The van der Waals surface area contributed by atoms with Gasteiger partial charge in [0.25, 0.3) is 0 Å². The molecule has 4 heteroatoms. The SMILES string of the molecule is COc1ccc(CNC(C)c2ccc3ccccc3c2)c(OC)c1OC. The summed E-state index contributed by atoms with van der Waals surface area (Å²) < 4.78 is 16.4. The maximum absolute atomic E-state index is 5.56. The molecule has 1 N–H and O–H groups in total. The molecule has 3 aromatic rings. The second kappa shape index (κ2) is 8.11. The Kier molecular flexibility index (Phi) is 5.64. The van der Waals surface area contributed by atoms with Crippen LogP contribution in [-0.4, -0.2) is 21.3 Å². The Hall–Kier alpha value is -2.72. The third-order valence-electron chi connectivity index (χ3n) is 4.66. The molecule has 1 atom stereocenters. The molecule has 1 unspecified atom stereocenters. The molecule has 26 heavy (non-hydrogen) atoms. The van der Waals surface area contributed by atoms with Crippen LogP contribution in [0.2, 0.25) is 0 Å². The minimum Gasteiger partial charge on any atom is -0.493 e. The molecule has 0 aliphatic heterocycles. The highest BCUT2D eigenvalue weighted by Crippen LogP contribution is 2.39. The van der Waals surface area contributed by atoms with Gasteiger partial charge in [0.2, 0.25) is 5.75 Å². The van der Waals surface area contributed by atoms with E-state index in [1.165, 1.54) is 16.3 Å². The maximum atomic E-state index is 5.56. The average Bonchev–Trinajstić information content (AvgIpc) is 2.70. The number of methoxy groups -OCH3 is 3. The van der Waals surface area contributed by atoms with E-state index in [4.69, 9.17) is 14.2 Å². The summed E-state index contributed by atoms with van der Waals surface area (Å²) in [5.74, 6) is 1.98. The van der Waals surface area contributed by atoms with Crippen molar-refractivity contribution in [3.8, 4) is 17.2 Å². The van der Waals surface area contributed by atoms with Gasteiger partial charge >= 0.3 is 0 Å². The van der Waals surface area contributed by atoms with Gasteiger partial charge in [-0.15, -0.1) is 0 Å². The van der Waals surface area contributed by atoms with E-state index >= 15 is 0 Å². The van der Waals surface area contributed by atoms with Crippen LogP contribution in [0.25, 0.3) is 10.8 Å². The molecular weight excluding hydrogens is 326 g/mol. The molecule has 0 saturated heterocycles. The smallest absolute Gasteiger partial charge is 0.203 e. The van der Waals surface area contributed by atoms with Crippen LogP contribution in [-0.2, 0) is 6.54 Å². The van der Waals surface area contributed by atoms with Gasteiger partial charge in [0.1, 0.15) is 0 Å². The number of nitrogens with one attached hydrogen (secondary N) is 1. The van der Waals surface area contributed by atoms with Crippen molar-refractivity contribution >= 4 is 10.8 Å². The first-order valence-electron chi connectivity index (χ1n) is 8.67. The summed E-state index contributed by atoms with van der Waals surface area (Å²) >= 11 is 0. The highest BCUT2D eigenvalue weighted by atomic mass is 16.5. The van der Waals surface area contributed by atoms with Crippen LogP contribution < -0.4 is 19.5 Å². The van der Waals surface area contributed by atoms with E-state index in [1.807, 2.05) is 12.1 Å². The fraction of sp³-hybridized carbons (Fsp3) is 0.273. The third-order valence-corrected chi connectivity index (χ3v) is 4.66. The number of hydrogen-bond acceptors (Lipinski definition) is 4. The molecule has 0 aliphatic rings. The Bertz CT molecular complexity index is 892. The van der Waals surface area contributed by atoms with Crippen molar-refractivity contribution in [2.75, 3.05) is 21.3 Å². The van der Waals surface area contributed by atoms with Gasteiger partial charge in [-0.25, -0.2) is 0 Å². The molecule has 0 radical (unpaired) electrons. The Morgan fingerprint density at radius 1 is 0.808 bits per heavy atom. The number of rotatable bonds is 7. The monoisotopic (exact) mass is 351 g/mol. The molecule has 0 bridgehead atoms. The zero-order valence-corrected chi connectivity index (χ0v) is 15.7. The molecular formula is C22H25NO3. The molecule has 3 rings (SSSR count). The van der Waals surface area contributed by atoms with Crippen molar-refractivity contribution in [3.63, 3.8) is 0 Å². The van der Waals surface area contributed by atoms with Gasteiger partial charge in [0, 0.05) is 18.2 Å². The fourth-order valence-corrected chi connectivity index (χ4v) is 3.16. The minimum absolute atomic E-state index is 0.206. The highest BCUT2D eigenvalue weighted by molar-refractivity contribution is 5.83. The van der Waals surface area contributed by atoms with Crippen LogP contribution in [0, 0.1) is 0 Å². The van der Waals surface area contributed by atoms with Crippen LogP contribution in [0.3, 0.4) is 0 Å².